The Hall–Kier alpha value is -1.98. The van der Waals surface area contributed by atoms with E-state index in [-0.39, 0.29) is 18.5 Å². The molecule has 2 unspecified atom stereocenters. The van der Waals surface area contributed by atoms with Crippen LogP contribution in [0.25, 0.3) is 0 Å². The van der Waals surface area contributed by atoms with Crippen LogP contribution < -0.4 is 0 Å². The number of hydrogen-bond donors (Lipinski definition) is 2. The zero-order valence-corrected chi connectivity index (χ0v) is 39.0. The molecule has 0 aliphatic heterocycles. The quantitative estimate of drug-likeness (QED) is 0.0201. The summed E-state index contributed by atoms with van der Waals surface area (Å²) in [5, 5.41) is 17.3. The molecular formula is C47H86NO8S2+. The van der Waals surface area contributed by atoms with E-state index in [4.69, 9.17) is 14.6 Å². The van der Waals surface area contributed by atoms with Crippen LogP contribution in [0.2, 0.25) is 0 Å². The van der Waals surface area contributed by atoms with Crippen LogP contribution in [-0.4, -0.2) is 89.5 Å². The maximum atomic E-state index is 12.9. The van der Waals surface area contributed by atoms with Gasteiger partial charge in [0.25, 0.3) is 0 Å². The highest BCUT2D eigenvalue weighted by molar-refractivity contribution is 8.77. The molecule has 0 saturated carbocycles. The molecule has 0 amide bonds. The van der Waals surface area contributed by atoms with Gasteiger partial charge in [0.15, 0.2) is 6.10 Å². The first-order valence-corrected chi connectivity index (χ1v) is 25.6. The highest BCUT2D eigenvalue weighted by Crippen LogP contribution is 2.29. The van der Waals surface area contributed by atoms with Crippen molar-refractivity contribution in [1.82, 2.24) is 0 Å². The van der Waals surface area contributed by atoms with Crippen LogP contribution in [0.1, 0.15) is 200 Å². The Kier molecular flexibility index (Phi) is 39.0. The van der Waals surface area contributed by atoms with Gasteiger partial charge in [0.2, 0.25) is 0 Å². The molecule has 2 atom stereocenters. The number of hydrogen-bond acceptors (Lipinski definition) is 8. The van der Waals surface area contributed by atoms with E-state index in [1.807, 2.05) is 14.1 Å². The topological polar surface area (TPSA) is 127 Å². The molecule has 0 radical (unpaired) electrons. The van der Waals surface area contributed by atoms with Gasteiger partial charge in [-0.2, -0.15) is 0 Å². The van der Waals surface area contributed by atoms with E-state index in [0.717, 1.165) is 75.0 Å². The van der Waals surface area contributed by atoms with Crippen LogP contribution in [0.4, 0.5) is 0 Å². The van der Waals surface area contributed by atoms with Crippen LogP contribution in [0.3, 0.4) is 0 Å². The summed E-state index contributed by atoms with van der Waals surface area (Å²) in [6.07, 6.45) is 39.9. The van der Waals surface area contributed by atoms with Gasteiger partial charge in [0.05, 0.1) is 32.8 Å². The van der Waals surface area contributed by atoms with E-state index < -0.39 is 29.7 Å². The molecule has 2 N–H and O–H groups in total. The molecule has 0 heterocycles. The third-order valence-corrected chi connectivity index (χ3v) is 13.0. The highest BCUT2D eigenvalue weighted by Gasteiger charge is 2.28. The molecule has 0 fully saturated rings. The Morgan fingerprint density at radius 2 is 1.00 bits per heavy atom. The zero-order valence-electron chi connectivity index (χ0n) is 37.4. The minimum absolute atomic E-state index is 0.00525. The van der Waals surface area contributed by atoms with E-state index in [1.165, 1.54) is 114 Å². The van der Waals surface area contributed by atoms with Crippen molar-refractivity contribution < 1.29 is 43.3 Å². The van der Waals surface area contributed by atoms with Crippen LogP contribution in [0.5, 0.6) is 0 Å². The number of quaternary nitrogens is 1. The summed E-state index contributed by atoms with van der Waals surface area (Å²) in [6, 6.07) is 0. The van der Waals surface area contributed by atoms with Gasteiger partial charge in [-0.3, -0.25) is 19.2 Å². The number of aliphatic carboxylic acids is 2. The van der Waals surface area contributed by atoms with E-state index >= 15 is 0 Å². The minimum atomic E-state index is -1.14. The van der Waals surface area contributed by atoms with Gasteiger partial charge in [-0.05, 0) is 64.2 Å². The lowest BCUT2D eigenvalue weighted by Crippen LogP contribution is -2.49. The van der Waals surface area contributed by atoms with Crippen molar-refractivity contribution in [1.29, 1.82) is 0 Å². The molecule has 0 aliphatic rings. The van der Waals surface area contributed by atoms with Gasteiger partial charge in [0, 0.05) is 12.8 Å². The first-order chi connectivity index (χ1) is 28.0. The normalized spacial score (nSPS) is 13.0. The molecular weight excluding hydrogens is 771 g/mol. The molecule has 338 valence electrons. The Bertz CT molecular complexity index is 1080. The first-order valence-electron chi connectivity index (χ1n) is 23.2. The van der Waals surface area contributed by atoms with E-state index in [2.05, 4.69) is 38.2 Å². The molecule has 0 bridgehead atoms. The van der Waals surface area contributed by atoms with Crippen molar-refractivity contribution >= 4 is 45.5 Å². The summed E-state index contributed by atoms with van der Waals surface area (Å²) in [7, 11) is 6.37. The number of allylic oxidation sites excluding steroid dienone is 4. The lowest BCUT2D eigenvalue weighted by atomic mass is 10.1. The lowest BCUT2D eigenvalue weighted by Gasteiger charge is -2.33. The van der Waals surface area contributed by atoms with E-state index in [1.54, 1.807) is 0 Å². The van der Waals surface area contributed by atoms with Crippen molar-refractivity contribution in [2.24, 2.45) is 0 Å². The summed E-state index contributed by atoms with van der Waals surface area (Å²) in [5.41, 5.74) is 0. The number of ether oxygens (including phenoxy) is 2. The highest BCUT2D eigenvalue weighted by atomic mass is 33.1. The fraction of sp³-hybridized carbons (Fsp3) is 0.830. The average Bonchev–Trinajstić information content (AvgIpc) is 3.17. The average molecular weight is 857 g/mol. The summed E-state index contributed by atoms with van der Waals surface area (Å²) >= 11 is 0. The number of carboxylic acids is 2. The third kappa shape index (κ3) is 39.5. The second-order valence-electron chi connectivity index (χ2n) is 16.6. The molecule has 0 spiro atoms. The molecule has 0 rings (SSSR count). The molecule has 0 saturated heterocycles. The van der Waals surface area contributed by atoms with Crippen molar-refractivity contribution in [2.45, 2.75) is 211 Å². The maximum absolute atomic E-state index is 12.9. The SMILES string of the molecule is CCCCCCCCC=CCCCCCCCC(=O)OCC(C[N+](C)(C)CCSSC(CC(=O)O)C(=O)O)OC(=O)CCCCCCCC=CCCCCCCCC. The first kappa shape index (κ1) is 56.0. The number of carbonyl (C=O) groups excluding carboxylic acids is 2. The van der Waals surface area contributed by atoms with Gasteiger partial charge < -0.3 is 24.2 Å². The number of nitrogens with zero attached hydrogens (tertiary/aromatic N) is 1. The Morgan fingerprint density at radius 1 is 0.586 bits per heavy atom. The second-order valence-corrected chi connectivity index (χ2v) is 19.3. The molecule has 0 aromatic heterocycles. The number of unbranched alkanes of at least 4 members (excludes halogenated alkanes) is 22. The van der Waals surface area contributed by atoms with Gasteiger partial charge in [0.1, 0.15) is 18.4 Å². The molecule has 0 aromatic carbocycles. The lowest BCUT2D eigenvalue weighted by molar-refractivity contribution is -0.890. The monoisotopic (exact) mass is 857 g/mol. The Balaban J connectivity index is 4.61. The summed E-state index contributed by atoms with van der Waals surface area (Å²) in [6.45, 7) is 5.57. The Morgan fingerprint density at radius 3 is 1.43 bits per heavy atom. The fourth-order valence-corrected chi connectivity index (χ4v) is 9.26. The molecule has 58 heavy (non-hydrogen) atoms. The summed E-state index contributed by atoms with van der Waals surface area (Å²) in [5.74, 6) is -2.26. The van der Waals surface area contributed by atoms with Gasteiger partial charge >= 0.3 is 23.9 Å². The van der Waals surface area contributed by atoms with Crippen molar-refractivity contribution in [3.63, 3.8) is 0 Å². The predicted molar refractivity (Wildman–Crippen MR) is 245 cm³/mol. The van der Waals surface area contributed by atoms with E-state index in [0.29, 0.717) is 36.2 Å². The Labute approximate surface area is 362 Å². The minimum Gasteiger partial charge on any atom is -0.481 e. The number of esters is 2. The van der Waals surface area contributed by atoms with Crippen LogP contribution >= 0.6 is 21.6 Å². The predicted octanol–water partition coefficient (Wildman–Crippen LogP) is 12.9. The summed E-state index contributed by atoms with van der Waals surface area (Å²) < 4.78 is 12.0. The largest absolute Gasteiger partial charge is 0.481 e. The number of carboxylic acid groups (broad SMARTS) is 2. The van der Waals surface area contributed by atoms with Crippen molar-refractivity contribution in [3.05, 3.63) is 24.3 Å². The second kappa shape index (κ2) is 40.4. The fourth-order valence-electron chi connectivity index (χ4n) is 6.69. The van der Waals surface area contributed by atoms with Crippen molar-refractivity contribution in [2.75, 3.05) is 39.5 Å². The van der Waals surface area contributed by atoms with E-state index in [9.17, 15) is 24.3 Å². The molecule has 9 nitrogen and oxygen atoms in total. The molecule has 11 heteroatoms. The van der Waals surface area contributed by atoms with Gasteiger partial charge in [-0.25, -0.2) is 0 Å². The van der Waals surface area contributed by atoms with Crippen molar-refractivity contribution in [3.8, 4) is 0 Å². The standard InChI is InChI=1S/C47H85NO8S2/c1-5-7-9-11-13-15-17-19-21-23-25-27-29-31-33-35-45(51)55-41-42(40-48(3,4)37-38-57-58-43(47(53)54)39-44(49)50)56-46(52)36-34-32-30-28-26-24-22-20-18-16-14-12-10-8-6-2/h19-22,42-43H,5-18,23-41H2,1-4H3,(H-,49,50,53,54)/p+1. The summed E-state index contributed by atoms with van der Waals surface area (Å²) in [4.78, 5) is 48.1. The number of rotatable bonds is 43. The number of carbonyl (C=O) groups is 4. The zero-order chi connectivity index (χ0) is 43.0. The van der Waals surface area contributed by atoms with Crippen LogP contribution in [0, 0.1) is 0 Å². The smallest absolute Gasteiger partial charge is 0.318 e. The third-order valence-electron chi connectivity index (χ3n) is 10.3. The molecule has 0 aliphatic carbocycles. The van der Waals surface area contributed by atoms with Gasteiger partial charge in [-0.15, -0.1) is 0 Å². The molecule has 0 aromatic rings. The number of likely N-dealkylation sites (N-methyl/N-ethyl adjacent to an activating group) is 1. The van der Waals surface area contributed by atoms with Crippen LogP contribution in [-0.2, 0) is 28.7 Å². The maximum Gasteiger partial charge on any atom is 0.318 e. The van der Waals surface area contributed by atoms with Gasteiger partial charge in [-0.1, -0.05) is 162 Å². The van der Waals surface area contributed by atoms with Crippen LogP contribution in [0.15, 0.2) is 24.3 Å².